The lowest BCUT2D eigenvalue weighted by molar-refractivity contribution is 0.240. The van der Waals surface area contributed by atoms with E-state index in [1.807, 2.05) is 4.90 Å². The molecule has 0 aliphatic carbocycles. The second-order valence-corrected chi connectivity index (χ2v) is 7.86. The van der Waals surface area contributed by atoms with Gasteiger partial charge in [0.1, 0.15) is 11.2 Å². The first-order chi connectivity index (χ1) is 10.5. The summed E-state index contributed by atoms with van der Waals surface area (Å²) in [5.41, 5.74) is 1.76. The van der Waals surface area contributed by atoms with Crippen molar-refractivity contribution in [2.45, 2.75) is 43.3 Å². The molecule has 0 atom stereocenters. The van der Waals surface area contributed by atoms with Gasteiger partial charge in [0.05, 0.1) is 11.4 Å². The van der Waals surface area contributed by atoms with Gasteiger partial charge in [0, 0.05) is 13.1 Å². The summed E-state index contributed by atoms with van der Waals surface area (Å²) in [6.45, 7) is 4.87. The van der Waals surface area contributed by atoms with Crippen molar-refractivity contribution < 1.29 is 13.6 Å². The Morgan fingerprint density at radius 1 is 1.36 bits per heavy atom. The van der Waals surface area contributed by atoms with Crippen molar-refractivity contribution in [1.82, 2.24) is 15.4 Å². The van der Waals surface area contributed by atoms with Crippen molar-refractivity contribution in [2.75, 3.05) is 18.0 Å². The average molecular weight is 327 g/mol. The van der Waals surface area contributed by atoms with Crippen LogP contribution in [0.25, 0.3) is 0 Å². The van der Waals surface area contributed by atoms with E-state index < -0.39 is 15.1 Å². The summed E-state index contributed by atoms with van der Waals surface area (Å²) in [6.07, 6.45) is 5.59. The molecule has 22 heavy (non-hydrogen) atoms. The third-order valence-electron chi connectivity index (χ3n) is 3.53. The standard InChI is InChI=1S/C13H21N5O3S/c1-10(2)22(20,21)11-8-14-13(17-12(11)15-9-16-19)18-6-4-3-5-7-18/h8-10,19H,3-7H2,1-2H3,(H,14,15,16,17). The van der Waals surface area contributed by atoms with Gasteiger partial charge in [-0.3, -0.25) is 10.7 Å². The smallest absolute Gasteiger partial charge is 0.227 e. The van der Waals surface area contributed by atoms with Crippen LogP contribution in [0.4, 0.5) is 11.8 Å². The monoisotopic (exact) mass is 327 g/mol. The third kappa shape index (κ3) is 3.53. The molecule has 2 rings (SSSR count). The fourth-order valence-electron chi connectivity index (χ4n) is 2.24. The molecule has 0 saturated carbocycles. The zero-order valence-electron chi connectivity index (χ0n) is 12.7. The Kier molecular flexibility index (Phi) is 5.30. The molecule has 0 unspecified atom stereocenters. The average Bonchev–Trinajstić information content (AvgIpc) is 2.53. The Hall–Kier alpha value is -1.74. The molecular weight excluding hydrogens is 306 g/mol. The fourth-order valence-corrected chi connectivity index (χ4v) is 3.30. The molecule has 122 valence electrons. The Morgan fingerprint density at radius 3 is 2.64 bits per heavy atom. The molecule has 0 radical (unpaired) electrons. The highest BCUT2D eigenvalue weighted by Crippen LogP contribution is 2.27. The van der Waals surface area contributed by atoms with Crippen molar-refractivity contribution >= 4 is 27.9 Å². The van der Waals surface area contributed by atoms with E-state index in [4.69, 9.17) is 5.21 Å². The van der Waals surface area contributed by atoms with Crippen LogP contribution in [0.15, 0.2) is 16.1 Å². The minimum absolute atomic E-state index is 0.0326. The van der Waals surface area contributed by atoms with Gasteiger partial charge < -0.3 is 4.90 Å². The summed E-state index contributed by atoms with van der Waals surface area (Å²) in [6, 6.07) is 0. The lowest BCUT2D eigenvalue weighted by atomic mass is 10.1. The number of hydrogen-bond acceptors (Lipinski definition) is 7. The molecule has 2 heterocycles. The molecule has 2 N–H and O–H groups in total. The normalized spacial score (nSPS) is 16.5. The van der Waals surface area contributed by atoms with E-state index >= 15 is 0 Å². The molecule has 0 bridgehead atoms. The van der Waals surface area contributed by atoms with Gasteiger partial charge >= 0.3 is 0 Å². The largest absolute Gasteiger partial charge is 0.341 e. The predicted molar refractivity (Wildman–Crippen MR) is 83.5 cm³/mol. The minimum Gasteiger partial charge on any atom is -0.341 e. The van der Waals surface area contributed by atoms with Gasteiger partial charge in [0.25, 0.3) is 0 Å². The first-order valence-electron chi connectivity index (χ1n) is 7.25. The van der Waals surface area contributed by atoms with Gasteiger partial charge in [0.2, 0.25) is 5.95 Å². The van der Waals surface area contributed by atoms with Crippen LogP contribution in [0, 0.1) is 0 Å². The number of anilines is 1. The van der Waals surface area contributed by atoms with E-state index in [1.54, 1.807) is 19.3 Å². The van der Waals surface area contributed by atoms with E-state index in [1.165, 1.54) is 12.6 Å². The maximum atomic E-state index is 12.4. The number of rotatable bonds is 5. The van der Waals surface area contributed by atoms with E-state index in [-0.39, 0.29) is 10.7 Å². The first-order valence-corrected chi connectivity index (χ1v) is 8.79. The third-order valence-corrected chi connectivity index (χ3v) is 5.68. The maximum Gasteiger partial charge on any atom is 0.227 e. The summed E-state index contributed by atoms with van der Waals surface area (Å²) in [5.74, 6) is 0.498. The van der Waals surface area contributed by atoms with Crippen LogP contribution in [0.2, 0.25) is 0 Å². The number of nitrogens with zero attached hydrogens (tertiary/aromatic N) is 4. The molecule has 1 aliphatic rings. The molecule has 0 amide bonds. The summed E-state index contributed by atoms with van der Waals surface area (Å²) < 4.78 is 24.7. The van der Waals surface area contributed by atoms with Crippen molar-refractivity contribution in [3.05, 3.63) is 6.20 Å². The summed E-state index contributed by atoms with van der Waals surface area (Å²) in [7, 11) is -3.55. The number of sulfone groups is 1. The van der Waals surface area contributed by atoms with Gasteiger partial charge in [0.15, 0.2) is 15.7 Å². The Balaban J connectivity index is 2.44. The van der Waals surface area contributed by atoms with Gasteiger partial charge in [-0.1, -0.05) is 0 Å². The van der Waals surface area contributed by atoms with Crippen LogP contribution >= 0.6 is 0 Å². The Labute approximate surface area is 130 Å². The second-order valence-electron chi connectivity index (χ2n) is 5.39. The van der Waals surface area contributed by atoms with Crippen molar-refractivity contribution in [3.63, 3.8) is 0 Å². The molecule has 1 aromatic heterocycles. The van der Waals surface area contributed by atoms with Crippen molar-refractivity contribution in [3.8, 4) is 0 Å². The van der Waals surface area contributed by atoms with E-state index in [0.717, 1.165) is 32.3 Å². The van der Waals surface area contributed by atoms with Gasteiger partial charge in [-0.05, 0) is 33.1 Å². The molecule has 1 aromatic rings. The number of piperidine rings is 1. The van der Waals surface area contributed by atoms with Crippen LogP contribution in [0.3, 0.4) is 0 Å². The van der Waals surface area contributed by atoms with Crippen LogP contribution in [-0.2, 0) is 9.84 Å². The van der Waals surface area contributed by atoms with Crippen molar-refractivity contribution in [2.24, 2.45) is 4.99 Å². The van der Waals surface area contributed by atoms with Crippen LogP contribution < -0.4 is 10.4 Å². The lowest BCUT2D eigenvalue weighted by Gasteiger charge is -2.26. The number of hydroxylamine groups is 1. The zero-order valence-corrected chi connectivity index (χ0v) is 13.5. The summed E-state index contributed by atoms with van der Waals surface area (Å²) in [5, 5.41) is 8.04. The molecule has 1 saturated heterocycles. The SMILES string of the molecule is CC(C)S(=O)(=O)c1cnc(N2CCCCC2)nc1N=CNO. The second kappa shape index (κ2) is 7.01. The predicted octanol–water partition coefficient (Wildman–Crippen LogP) is 1.29. The number of aromatic nitrogens is 2. The minimum atomic E-state index is -3.55. The molecule has 8 nitrogen and oxygen atoms in total. The van der Waals surface area contributed by atoms with E-state index in [9.17, 15) is 8.42 Å². The number of hydrogen-bond donors (Lipinski definition) is 2. The highest BCUT2D eigenvalue weighted by molar-refractivity contribution is 7.92. The van der Waals surface area contributed by atoms with Crippen LogP contribution in [0.5, 0.6) is 0 Å². The topological polar surface area (TPSA) is 108 Å². The summed E-state index contributed by atoms with van der Waals surface area (Å²) in [4.78, 5) is 14.3. The number of nitrogens with one attached hydrogen (secondary N) is 1. The molecule has 0 spiro atoms. The van der Waals surface area contributed by atoms with E-state index in [2.05, 4.69) is 15.0 Å². The van der Waals surface area contributed by atoms with Crippen molar-refractivity contribution in [1.29, 1.82) is 0 Å². The van der Waals surface area contributed by atoms with Crippen LogP contribution in [0.1, 0.15) is 33.1 Å². The lowest BCUT2D eigenvalue weighted by Crippen LogP contribution is -2.31. The van der Waals surface area contributed by atoms with Crippen LogP contribution in [-0.4, -0.2) is 48.3 Å². The highest BCUT2D eigenvalue weighted by Gasteiger charge is 2.25. The Morgan fingerprint density at radius 2 is 2.05 bits per heavy atom. The Bertz CT molecular complexity index is 639. The maximum absolute atomic E-state index is 12.4. The van der Waals surface area contributed by atoms with E-state index in [0.29, 0.717) is 5.95 Å². The quantitative estimate of drug-likeness (QED) is 0.476. The zero-order chi connectivity index (χ0) is 16.2. The number of aliphatic imine (C=N–C) groups is 1. The highest BCUT2D eigenvalue weighted by atomic mass is 32.2. The summed E-state index contributed by atoms with van der Waals surface area (Å²) >= 11 is 0. The molecular formula is C13H21N5O3S. The molecule has 9 heteroatoms. The molecule has 1 fully saturated rings. The molecule has 1 aliphatic heterocycles. The van der Waals surface area contributed by atoms with Gasteiger partial charge in [-0.15, -0.1) is 0 Å². The fraction of sp³-hybridized carbons (Fsp3) is 0.615. The van der Waals surface area contributed by atoms with Gasteiger partial charge in [-0.2, -0.15) is 4.98 Å². The first kappa shape index (κ1) is 16.6. The van der Waals surface area contributed by atoms with Gasteiger partial charge in [-0.25, -0.2) is 18.4 Å². The molecule has 0 aromatic carbocycles.